The molecule has 1 aliphatic heterocycles. The molecule has 3 rings (SSSR count). The van der Waals surface area contributed by atoms with Crippen molar-refractivity contribution in [1.82, 2.24) is 9.66 Å². The average molecular weight is 373 g/mol. The molecule has 146 valence electrons. The van der Waals surface area contributed by atoms with Crippen LogP contribution in [0.1, 0.15) is 53.5 Å². The lowest BCUT2D eigenvalue weighted by Gasteiger charge is -2.28. The summed E-state index contributed by atoms with van der Waals surface area (Å²) in [6.45, 7) is 11.4. The summed E-state index contributed by atoms with van der Waals surface area (Å²) >= 11 is 0. The highest BCUT2D eigenvalue weighted by Crippen LogP contribution is 2.33. The Morgan fingerprint density at radius 1 is 1.22 bits per heavy atom. The van der Waals surface area contributed by atoms with Crippen LogP contribution in [0.5, 0.6) is 0 Å². The lowest BCUT2D eigenvalue weighted by atomic mass is 9.88. The molecule has 1 aromatic heterocycles. The first-order valence-corrected chi connectivity index (χ1v) is 9.10. The Morgan fingerprint density at radius 2 is 1.85 bits per heavy atom. The molecule has 0 aliphatic carbocycles. The lowest BCUT2D eigenvalue weighted by molar-refractivity contribution is -0.153. The molecule has 1 N–H and O–H groups in total. The van der Waals surface area contributed by atoms with Gasteiger partial charge in [-0.15, -0.1) is 0 Å². The molecule has 1 saturated heterocycles. The predicted octanol–water partition coefficient (Wildman–Crippen LogP) is 2.14. The normalized spacial score (nSPS) is 18.5. The van der Waals surface area contributed by atoms with Crippen molar-refractivity contribution in [2.75, 3.05) is 11.6 Å². The first-order valence-electron chi connectivity index (χ1n) is 9.10. The van der Waals surface area contributed by atoms with Crippen LogP contribution in [0.25, 0.3) is 10.9 Å². The second kappa shape index (κ2) is 6.34. The molecule has 0 saturated carbocycles. The predicted molar refractivity (Wildman–Crippen MR) is 103 cm³/mol. The standard InChI is InChI=1S/C20H27N3O4/c1-19(2,3)15(24)16-21-13-10-8-7-9-12(13)17(25)23(16)22-11-14(22)18(26)27-20(4,5)6/h7-10,14-15,24H,11H2,1-6H3/t14-,15-,22?/m1/s1. The molecular formula is C20H27N3O4. The Labute approximate surface area is 158 Å². The van der Waals surface area contributed by atoms with Crippen molar-refractivity contribution in [2.24, 2.45) is 5.41 Å². The number of ether oxygens (including phenoxy) is 1. The third-order valence-corrected chi connectivity index (χ3v) is 4.37. The van der Waals surface area contributed by atoms with Gasteiger partial charge in [0, 0.05) is 0 Å². The molecule has 1 aromatic carbocycles. The third-order valence-electron chi connectivity index (χ3n) is 4.37. The average Bonchev–Trinajstić information content (AvgIpc) is 3.32. The van der Waals surface area contributed by atoms with E-state index in [4.69, 9.17) is 4.74 Å². The van der Waals surface area contributed by atoms with E-state index in [0.717, 1.165) is 0 Å². The Kier molecular flexibility index (Phi) is 4.54. The minimum Gasteiger partial charge on any atom is -0.458 e. The number of hydrogen-bond acceptors (Lipinski definition) is 6. The number of fused-ring (bicyclic) bond motifs is 1. The van der Waals surface area contributed by atoms with E-state index in [1.807, 2.05) is 20.8 Å². The van der Waals surface area contributed by atoms with E-state index in [0.29, 0.717) is 17.4 Å². The molecule has 2 atom stereocenters. The summed E-state index contributed by atoms with van der Waals surface area (Å²) in [7, 11) is 0. The largest absolute Gasteiger partial charge is 0.458 e. The molecule has 1 aliphatic rings. The molecule has 0 unspecified atom stereocenters. The van der Waals surface area contributed by atoms with Gasteiger partial charge in [-0.25, -0.2) is 14.5 Å². The summed E-state index contributed by atoms with van der Waals surface area (Å²) in [5.41, 5.74) is -0.912. The number of rotatable bonds is 3. The van der Waals surface area contributed by atoms with Crippen LogP contribution in [-0.2, 0) is 9.53 Å². The van der Waals surface area contributed by atoms with Crippen molar-refractivity contribution in [1.29, 1.82) is 0 Å². The van der Waals surface area contributed by atoms with Crippen molar-refractivity contribution in [3.05, 3.63) is 40.4 Å². The van der Waals surface area contributed by atoms with Crippen LogP contribution >= 0.6 is 0 Å². The topological polar surface area (TPSA) is 84.4 Å². The van der Waals surface area contributed by atoms with E-state index >= 15 is 0 Å². The van der Waals surface area contributed by atoms with Gasteiger partial charge in [0.25, 0.3) is 5.56 Å². The quantitative estimate of drug-likeness (QED) is 0.655. The minimum absolute atomic E-state index is 0.234. The van der Waals surface area contributed by atoms with Gasteiger partial charge in [-0.3, -0.25) is 9.80 Å². The molecule has 7 nitrogen and oxygen atoms in total. The summed E-state index contributed by atoms with van der Waals surface area (Å²) in [5.74, 6) is -0.156. The van der Waals surface area contributed by atoms with Crippen molar-refractivity contribution >= 4 is 16.9 Å². The van der Waals surface area contributed by atoms with E-state index in [9.17, 15) is 14.7 Å². The number of aliphatic hydroxyl groups is 1. The molecule has 2 aromatic rings. The van der Waals surface area contributed by atoms with E-state index in [1.54, 1.807) is 50.0 Å². The summed E-state index contributed by atoms with van der Waals surface area (Å²) in [4.78, 5) is 30.1. The molecule has 2 heterocycles. The number of benzene rings is 1. The van der Waals surface area contributed by atoms with E-state index in [-0.39, 0.29) is 11.4 Å². The van der Waals surface area contributed by atoms with Crippen LogP contribution in [0.2, 0.25) is 0 Å². The first-order chi connectivity index (χ1) is 12.4. The van der Waals surface area contributed by atoms with Gasteiger partial charge >= 0.3 is 5.97 Å². The van der Waals surface area contributed by atoms with E-state index in [2.05, 4.69) is 4.98 Å². The molecule has 27 heavy (non-hydrogen) atoms. The van der Waals surface area contributed by atoms with Crippen LogP contribution in [0.4, 0.5) is 0 Å². The number of carbonyl (C=O) groups excluding carboxylic acids is 1. The lowest BCUT2D eigenvalue weighted by Crippen LogP contribution is -2.39. The smallest absolute Gasteiger partial charge is 0.332 e. The fraction of sp³-hybridized carbons (Fsp3) is 0.550. The van der Waals surface area contributed by atoms with E-state index in [1.165, 1.54) is 4.68 Å². The summed E-state index contributed by atoms with van der Waals surface area (Å²) in [5, 5.41) is 12.9. The molecular weight excluding hydrogens is 346 g/mol. The number of esters is 1. The Morgan fingerprint density at radius 3 is 2.44 bits per heavy atom. The second-order valence-corrected chi connectivity index (χ2v) is 9.04. The maximum absolute atomic E-state index is 13.1. The van der Waals surface area contributed by atoms with Gasteiger partial charge in [0.2, 0.25) is 0 Å². The maximum atomic E-state index is 13.1. The van der Waals surface area contributed by atoms with Crippen molar-refractivity contribution < 1.29 is 14.6 Å². The zero-order valence-electron chi connectivity index (χ0n) is 16.7. The maximum Gasteiger partial charge on any atom is 0.332 e. The second-order valence-electron chi connectivity index (χ2n) is 9.04. The third kappa shape index (κ3) is 3.83. The first kappa shape index (κ1) is 19.4. The summed E-state index contributed by atoms with van der Waals surface area (Å²) in [6.07, 6.45) is -0.977. The molecule has 0 spiro atoms. The van der Waals surface area contributed by atoms with Crippen LogP contribution in [-0.4, -0.2) is 38.9 Å². The number of para-hydroxylation sites is 1. The molecule has 0 bridgehead atoms. The van der Waals surface area contributed by atoms with Gasteiger partial charge in [-0.05, 0) is 38.3 Å². The fourth-order valence-corrected chi connectivity index (χ4v) is 2.87. The highest BCUT2D eigenvalue weighted by Gasteiger charge is 2.46. The molecule has 0 amide bonds. The van der Waals surface area contributed by atoms with Gasteiger partial charge in [-0.1, -0.05) is 32.9 Å². The van der Waals surface area contributed by atoms with Gasteiger partial charge in [0.1, 0.15) is 11.7 Å². The Bertz CT molecular complexity index is 937. The van der Waals surface area contributed by atoms with Crippen molar-refractivity contribution in [2.45, 2.75) is 59.3 Å². The molecule has 0 radical (unpaired) electrons. The number of nitrogens with zero attached hydrogens (tertiary/aromatic N) is 3. The Hall–Kier alpha value is -2.41. The van der Waals surface area contributed by atoms with Gasteiger partial charge in [0.15, 0.2) is 11.9 Å². The van der Waals surface area contributed by atoms with Gasteiger partial charge in [0.05, 0.1) is 17.4 Å². The van der Waals surface area contributed by atoms with Gasteiger partial charge < -0.3 is 9.84 Å². The minimum atomic E-state index is -0.977. The highest BCUT2D eigenvalue weighted by molar-refractivity contribution is 5.83. The molecule has 1 fully saturated rings. The summed E-state index contributed by atoms with van der Waals surface area (Å²) < 4.78 is 6.77. The van der Waals surface area contributed by atoms with Crippen LogP contribution in [0.3, 0.4) is 0 Å². The van der Waals surface area contributed by atoms with Crippen LogP contribution in [0, 0.1) is 5.41 Å². The Balaban J connectivity index is 2.08. The zero-order chi connectivity index (χ0) is 20.1. The van der Waals surface area contributed by atoms with Gasteiger partial charge in [-0.2, -0.15) is 0 Å². The van der Waals surface area contributed by atoms with Crippen molar-refractivity contribution in [3.8, 4) is 0 Å². The number of aromatic nitrogens is 2. The number of carbonyl (C=O) groups is 1. The fourth-order valence-electron chi connectivity index (χ4n) is 2.87. The highest BCUT2D eigenvalue weighted by atomic mass is 16.6. The monoisotopic (exact) mass is 373 g/mol. The number of aliphatic hydroxyl groups excluding tert-OH is 1. The van der Waals surface area contributed by atoms with Crippen LogP contribution < -0.4 is 10.6 Å². The zero-order valence-corrected chi connectivity index (χ0v) is 16.7. The van der Waals surface area contributed by atoms with Crippen molar-refractivity contribution in [3.63, 3.8) is 0 Å². The molecule has 7 heteroatoms. The SMILES string of the molecule is CC(C)(C)OC(=O)[C@H]1CN1n1c([C@@H](O)C(C)(C)C)nc2ccccc2c1=O. The number of hydrogen-bond donors (Lipinski definition) is 1. The summed E-state index contributed by atoms with van der Waals surface area (Å²) in [6, 6.07) is 6.44. The van der Waals surface area contributed by atoms with Crippen LogP contribution in [0.15, 0.2) is 29.1 Å². The van der Waals surface area contributed by atoms with E-state index < -0.39 is 29.1 Å².